The predicted octanol–water partition coefficient (Wildman–Crippen LogP) is 5.35. The Kier molecular flexibility index (Phi) is 10.3. The van der Waals surface area contributed by atoms with Gasteiger partial charge in [-0.05, 0) is 74.9 Å². The smallest absolute Gasteiger partial charge is 0.416 e. The number of aliphatic hydroxyl groups excluding tert-OH is 1. The molecule has 1 heterocycles. The molecule has 0 saturated carbocycles. The molecule has 1 N–H and O–H groups in total. The first-order valence-corrected chi connectivity index (χ1v) is 12.6. The van der Waals surface area contributed by atoms with E-state index >= 15 is 0 Å². The molecule has 8 heteroatoms. The summed E-state index contributed by atoms with van der Waals surface area (Å²) in [5.41, 5.74) is 2.22. The van der Waals surface area contributed by atoms with E-state index in [9.17, 15) is 23.1 Å². The number of esters is 1. The highest BCUT2D eigenvalue weighted by Gasteiger charge is 2.31. The average molecular weight is 508 g/mol. The van der Waals surface area contributed by atoms with Gasteiger partial charge in [-0.2, -0.15) is 13.2 Å². The van der Waals surface area contributed by atoms with Crippen LogP contribution in [0.1, 0.15) is 61.5 Å². The van der Waals surface area contributed by atoms with E-state index in [0.29, 0.717) is 32.4 Å². The number of hydrogen-bond donors (Lipinski definition) is 1. The summed E-state index contributed by atoms with van der Waals surface area (Å²) in [6, 6.07) is 13.3. The number of ether oxygens (including phenoxy) is 2. The molecule has 0 amide bonds. The van der Waals surface area contributed by atoms with Crippen molar-refractivity contribution in [3.63, 3.8) is 0 Å². The Hall–Kier alpha value is -2.42. The van der Waals surface area contributed by atoms with Crippen LogP contribution >= 0.6 is 0 Å². The maximum absolute atomic E-state index is 12.8. The third-order valence-electron chi connectivity index (χ3n) is 6.63. The summed E-state index contributed by atoms with van der Waals surface area (Å²) >= 11 is 0. The summed E-state index contributed by atoms with van der Waals surface area (Å²) < 4.78 is 49.5. The van der Waals surface area contributed by atoms with Gasteiger partial charge >= 0.3 is 12.1 Å². The van der Waals surface area contributed by atoms with Crippen LogP contribution in [0.25, 0.3) is 0 Å². The highest BCUT2D eigenvalue weighted by Crippen LogP contribution is 2.30. The van der Waals surface area contributed by atoms with Crippen molar-refractivity contribution in [1.29, 1.82) is 0 Å². The van der Waals surface area contributed by atoms with Gasteiger partial charge in [0.05, 0.1) is 31.0 Å². The van der Waals surface area contributed by atoms with E-state index < -0.39 is 17.8 Å². The number of β-amino-alcohol motifs (C(OH)–C–C–N with tert-alkyl or cyclic N) is 1. The molecule has 0 aliphatic carbocycles. The monoisotopic (exact) mass is 507 g/mol. The topological polar surface area (TPSA) is 59.0 Å². The van der Waals surface area contributed by atoms with Crippen molar-refractivity contribution in [2.75, 3.05) is 26.3 Å². The fourth-order valence-corrected chi connectivity index (χ4v) is 4.77. The number of nitrogens with zero attached hydrogens (tertiary/aromatic N) is 1. The summed E-state index contributed by atoms with van der Waals surface area (Å²) in [7, 11) is 0. The van der Waals surface area contributed by atoms with Gasteiger partial charge in [-0.15, -0.1) is 0 Å². The first kappa shape index (κ1) is 28.2. The van der Waals surface area contributed by atoms with Crippen LogP contribution in [0.2, 0.25) is 0 Å². The highest BCUT2D eigenvalue weighted by molar-refractivity contribution is 5.69. The second-order valence-electron chi connectivity index (χ2n) is 9.32. The van der Waals surface area contributed by atoms with Crippen molar-refractivity contribution >= 4 is 5.97 Å². The number of benzene rings is 2. The lowest BCUT2D eigenvalue weighted by molar-refractivity contribution is -0.143. The Balaban J connectivity index is 1.49. The molecule has 1 fully saturated rings. The summed E-state index contributed by atoms with van der Waals surface area (Å²) in [5.74, 6) is -0.229. The zero-order valence-electron chi connectivity index (χ0n) is 21.0. The van der Waals surface area contributed by atoms with Crippen LogP contribution in [0.5, 0.6) is 0 Å². The van der Waals surface area contributed by atoms with E-state index in [1.54, 1.807) is 19.1 Å². The van der Waals surface area contributed by atoms with Gasteiger partial charge in [-0.25, -0.2) is 0 Å². The Morgan fingerprint density at radius 1 is 1.17 bits per heavy atom. The molecular formula is C28H36F3NO4. The van der Waals surface area contributed by atoms with Crippen LogP contribution in [0, 0.1) is 0 Å². The van der Waals surface area contributed by atoms with Crippen LogP contribution in [-0.2, 0) is 33.3 Å². The predicted molar refractivity (Wildman–Crippen MR) is 132 cm³/mol. The van der Waals surface area contributed by atoms with Crippen molar-refractivity contribution in [1.82, 2.24) is 4.90 Å². The van der Waals surface area contributed by atoms with Gasteiger partial charge in [0.1, 0.15) is 0 Å². The zero-order valence-corrected chi connectivity index (χ0v) is 21.0. The normalized spacial score (nSPS) is 18.2. The molecule has 0 spiro atoms. The summed E-state index contributed by atoms with van der Waals surface area (Å²) in [5, 5.41) is 10.7. The Morgan fingerprint density at radius 3 is 2.58 bits per heavy atom. The number of hydrogen-bond acceptors (Lipinski definition) is 5. The number of carbonyl (C=O) groups excluding carboxylic acids is 1. The standard InChI is InChI=1S/C28H36F3NO4/c1-3-35-27(34)15-12-22-7-4-5-9-26(22)20(2)36-19-25(33)18-32-16-6-8-24(32)17-21-10-13-23(14-11-21)28(29,30)31/h4-5,7,9-11,13-14,20,24-25,33H,3,6,8,12,15-19H2,1-2H3/t20-,24+,25-/m1/s1. The molecule has 3 rings (SSSR count). The third kappa shape index (κ3) is 8.32. The fourth-order valence-electron chi connectivity index (χ4n) is 4.77. The van der Waals surface area contributed by atoms with Crippen LogP contribution in [-0.4, -0.2) is 54.4 Å². The number of carbonyl (C=O) groups is 1. The molecule has 2 aromatic carbocycles. The van der Waals surface area contributed by atoms with E-state index in [4.69, 9.17) is 9.47 Å². The number of rotatable bonds is 12. The van der Waals surface area contributed by atoms with Crippen molar-refractivity contribution in [3.05, 3.63) is 70.8 Å². The van der Waals surface area contributed by atoms with E-state index in [0.717, 1.165) is 48.2 Å². The molecule has 1 saturated heterocycles. The summed E-state index contributed by atoms with van der Waals surface area (Å²) in [6.07, 6.45) is -1.83. The van der Waals surface area contributed by atoms with Gasteiger partial charge < -0.3 is 14.6 Å². The second kappa shape index (κ2) is 13.2. The first-order chi connectivity index (χ1) is 17.2. The number of likely N-dealkylation sites (tertiary alicyclic amines) is 1. The molecular weight excluding hydrogens is 471 g/mol. The number of aliphatic hydroxyl groups is 1. The number of alkyl halides is 3. The molecule has 1 aliphatic heterocycles. The van der Waals surface area contributed by atoms with Gasteiger partial charge in [0, 0.05) is 19.0 Å². The Bertz CT molecular complexity index is 964. The fraction of sp³-hybridized carbons (Fsp3) is 0.536. The molecule has 0 aromatic heterocycles. The minimum Gasteiger partial charge on any atom is -0.466 e. The van der Waals surface area contributed by atoms with Gasteiger partial charge in [-0.3, -0.25) is 9.69 Å². The lowest BCUT2D eigenvalue weighted by Gasteiger charge is -2.28. The minimum absolute atomic E-state index is 0.164. The van der Waals surface area contributed by atoms with Crippen molar-refractivity contribution in [3.8, 4) is 0 Å². The SMILES string of the molecule is CCOC(=O)CCc1ccccc1[C@@H](C)OC[C@H](O)CN1CCC[C@H]1Cc1ccc(C(F)(F)F)cc1. The maximum Gasteiger partial charge on any atom is 0.416 e. The van der Waals surface area contributed by atoms with Crippen molar-refractivity contribution in [2.45, 2.75) is 70.4 Å². The minimum atomic E-state index is -4.33. The van der Waals surface area contributed by atoms with Crippen LogP contribution in [0.3, 0.4) is 0 Å². The van der Waals surface area contributed by atoms with Crippen LogP contribution in [0.4, 0.5) is 13.2 Å². The van der Waals surface area contributed by atoms with E-state index in [1.807, 2.05) is 31.2 Å². The van der Waals surface area contributed by atoms with E-state index in [-0.39, 0.29) is 24.7 Å². The molecule has 0 bridgehead atoms. The van der Waals surface area contributed by atoms with Crippen LogP contribution < -0.4 is 0 Å². The van der Waals surface area contributed by atoms with E-state index in [2.05, 4.69) is 4.90 Å². The molecule has 2 aromatic rings. The summed E-state index contributed by atoms with van der Waals surface area (Å²) in [4.78, 5) is 13.9. The Labute approximate surface area is 211 Å². The van der Waals surface area contributed by atoms with Gasteiger partial charge in [0.25, 0.3) is 0 Å². The maximum atomic E-state index is 12.8. The lowest BCUT2D eigenvalue weighted by Crippen LogP contribution is -2.39. The molecule has 0 radical (unpaired) electrons. The molecule has 1 aliphatic rings. The van der Waals surface area contributed by atoms with Crippen molar-refractivity contribution in [2.24, 2.45) is 0 Å². The number of halogens is 3. The van der Waals surface area contributed by atoms with Gasteiger partial charge in [0.15, 0.2) is 0 Å². The molecule has 198 valence electrons. The van der Waals surface area contributed by atoms with Crippen molar-refractivity contribution < 1.29 is 32.5 Å². The van der Waals surface area contributed by atoms with E-state index in [1.165, 1.54) is 0 Å². The van der Waals surface area contributed by atoms with Gasteiger partial charge in [0.2, 0.25) is 0 Å². The zero-order chi connectivity index (χ0) is 26.1. The highest BCUT2D eigenvalue weighted by atomic mass is 19.4. The largest absolute Gasteiger partial charge is 0.466 e. The van der Waals surface area contributed by atoms with Crippen LogP contribution in [0.15, 0.2) is 48.5 Å². The van der Waals surface area contributed by atoms with Gasteiger partial charge in [-0.1, -0.05) is 36.4 Å². The Morgan fingerprint density at radius 2 is 1.89 bits per heavy atom. The molecule has 5 nitrogen and oxygen atoms in total. The molecule has 36 heavy (non-hydrogen) atoms. The second-order valence-corrected chi connectivity index (χ2v) is 9.32. The molecule has 3 atom stereocenters. The summed E-state index contributed by atoms with van der Waals surface area (Å²) in [6.45, 7) is 5.53. The quantitative estimate of drug-likeness (QED) is 0.393. The first-order valence-electron chi connectivity index (χ1n) is 12.6. The third-order valence-corrected chi connectivity index (χ3v) is 6.63. The lowest BCUT2D eigenvalue weighted by atomic mass is 9.99. The molecule has 0 unspecified atom stereocenters. The average Bonchev–Trinajstić information content (AvgIpc) is 3.27. The number of aryl methyl sites for hydroxylation is 1.